The zero-order valence-corrected chi connectivity index (χ0v) is 19.1. The van der Waals surface area contributed by atoms with E-state index in [4.69, 9.17) is 5.73 Å². The van der Waals surface area contributed by atoms with Gasteiger partial charge in [0.05, 0.1) is 24.1 Å². The van der Waals surface area contributed by atoms with Crippen LogP contribution in [0.3, 0.4) is 0 Å². The zero-order valence-electron chi connectivity index (χ0n) is 19.1. The van der Waals surface area contributed by atoms with Gasteiger partial charge in [0.2, 0.25) is 0 Å². The number of rotatable bonds is 11. The SMILES string of the molecule is C=C(CCCCCN)NCc1cnc(C)n1-c1ccc(C)cc1C(=C)c1ccccc1F. The number of aryl methyl sites for hydroxylation is 2. The summed E-state index contributed by atoms with van der Waals surface area (Å²) < 4.78 is 16.6. The lowest BCUT2D eigenvalue weighted by molar-refractivity contribution is 0.624. The normalized spacial score (nSPS) is 10.9. The van der Waals surface area contributed by atoms with Gasteiger partial charge in [0.15, 0.2) is 0 Å². The average Bonchev–Trinajstić information content (AvgIpc) is 3.15. The van der Waals surface area contributed by atoms with Gasteiger partial charge in [-0.05, 0) is 63.4 Å². The van der Waals surface area contributed by atoms with Crippen molar-refractivity contribution in [1.82, 2.24) is 14.9 Å². The number of imidazole rings is 1. The van der Waals surface area contributed by atoms with Gasteiger partial charge in [0.25, 0.3) is 0 Å². The molecule has 0 aliphatic carbocycles. The summed E-state index contributed by atoms with van der Waals surface area (Å²) in [6.45, 7) is 13.7. The lowest BCUT2D eigenvalue weighted by Gasteiger charge is -2.19. The van der Waals surface area contributed by atoms with Gasteiger partial charge in [-0.25, -0.2) is 9.37 Å². The Morgan fingerprint density at radius 2 is 1.84 bits per heavy atom. The molecule has 3 rings (SSSR count). The molecule has 3 aromatic rings. The number of halogens is 1. The third-order valence-electron chi connectivity index (χ3n) is 5.63. The molecule has 4 nitrogen and oxygen atoms in total. The maximum absolute atomic E-state index is 14.5. The lowest BCUT2D eigenvalue weighted by Crippen LogP contribution is -2.16. The van der Waals surface area contributed by atoms with E-state index in [0.29, 0.717) is 17.7 Å². The molecule has 0 aliphatic heterocycles. The van der Waals surface area contributed by atoms with Crippen molar-refractivity contribution in [3.8, 4) is 5.69 Å². The minimum Gasteiger partial charge on any atom is -0.383 e. The maximum Gasteiger partial charge on any atom is 0.131 e. The molecule has 32 heavy (non-hydrogen) atoms. The van der Waals surface area contributed by atoms with Gasteiger partial charge < -0.3 is 11.1 Å². The van der Waals surface area contributed by atoms with E-state index in [9.17, 15) is 4.39 Å². The zero-order chi connectivity index (χ0) is 23.1. The number of aromatic nitrogens is 2. The van der Waals surface area contributed by atoms with Crippen LogP contribution in [0.4, 0.5) is 4.39 Å². The molecule has 0 aliphatic rings. The van der Waals surface area contributed by atoms with Crippen LogP contribution in [0.2, 0.25) is 0 Å². The first-order valence-corrected chi connectivity index (χ1v) is 11.1. The standard InChI is InChI=1S/C27H33FN4/c1-19-13-14-27(25(16-19)21(3)24-11-7-8-12-26(24)28)32-22(4)31-18-23(32)17-30-20(2)10-6-5-9-15-29/h7-8,11-14,16,18,30H,2-3,5-6,9-10,15,17,29H2,1,4H3. The molecule has 3 N–H and O–H groups in total. The number of unbranched alkanes of at least 4 members (excludes halogenated alkanes) is 2. The van der Waals surface area contributed by atoms with Crippen LogP contribution >= 0.6 is 0 Å². The number of nitrogens with two attached hydrogens (primary N) is 1. The van der Waals surface area contributed by atoms with Crippen molar-refractivity contribution in [2.45, 2.75) is 46.1 Å². The van der Waals surface area contributed by atoms with E-state index in [1.165, 1.54) is 6.07 Å². The third-order valence-corrected chi connectivity index (χ3v) is 5.63. The first-order valence-electron chi connectivity index (χ1n) is 11.1. The highest BCUT2D eigenvalue weighted by atomic mass is 19.1. The van der Waals surface area contributed by atoms with Crippen LogP contribution in [0.15, 0.2) is 67.5 Å². The van der Waals surface area contributed by atoms with E-state index in [0.717, 1.165) is 66.3 Å². The molecule has 0 saturated carbocycles. The number of benzene rings is 2. The summed E-state index contributed by atoms with van der Waals surface area (Å²) in [6.07, 6.45) is 6.03. The van der Waals surface area contributed by atoms with Crippen molar-refractivity contribution in [3.05, 3.63) is 102 Å². The Hall–Kier alpha value is -3.18. The molecule has 0 unspecified atom stereocenters. The lowest BCUT2D eigenvalue weighted by atomic mass is 9.96. The molecule has 1 aromatic heterocycles. The molecule has 168 valence electrons. The summed E-state index contributed by atoms with van der Waals surface area (Å²) >= 11 is 0. The first-order chi connectivity index (χ1) is 15.4. The fourth-order valence-corrected chi connectivity index (χ4v) is 3.85. The summed E-state index contributed by atoms with van der Waals surface area (Å²) in [6, 6.07) is 12.9. The van der Waals surface area contributed by atoms with Gasteiger partial charge in [-0.2, -0.15) is 0 Å². The summed E-state index contributed by atoms with van der Waals surface area (Å²) in [4.78, 5) is 4.55. The van der Waals surface area contributed by atoms with Crippen molar-refractivity contribution >= 4 is 5.57 Å². The molecule has 0 amide bonds. The van der Waals surface area contributed by atoms with E-state index < -0.39 is 0 Å². The summed E-state index contributed by atoms with van der Waals surface area (Å²) in [5, 5.41) is 3.43. The van der Waals surface area contributed by atoms with E-state index in [1.807, 2.05) is 26.1 Å². The molecule has 2 aromatic carbocycles. The van der Waals surface area contributed by atoms with Crippen LogP contribution in [-0.4, -0.2) is 16.1 Å². The van der Waals surface area contributed by atoms with Gasteiger partial charge in [0.1, 0.15) is 11.6 Å². The van der Waals surface area contributed by atoms with E-state index >= 15 is 0 Å². The number of allylic oxidation sites excluding steroid dienone is 1. The molecule has 0 atom stereocenters. The Morgan fingerprint density at radius 3 is 2.59 bits per heavy atom. The number of hydrogen-bond donors (Lipinski definition) is 2. The van der Waals surface area contributed by atoms with Crippen LogP contribution in [-0.2, 0) is 6.54 Å². The first kappa shape index (κ1) is 23.5. The third kappa shape index (κ3) is 5.54. The highest BCUT2D eigenvalue weighted by Gasteiger charge is 2.17. The predicted octanol–water partition coefficient (Wildman–Crippen LogP) is 5.81. The van der Waals surface area contributed by atoms with Gasteiger partial charge >= 0.3 is 0 Å². The average molecular weight is 433 g/mol. The molecular weight excluding hydrogens is 399 g/mol. The second-order valence-electron chi connectivity index (χ2n) is 8.17. The van der Waals surface area contributed by atoms with E-state index in [-0.39, 0.29) is 5.82 Å². The Labute approximate surface area is 190 Å². The molecule has 0 spiro atoms. The summed E-state index contributed by atoms with van der Waals surface area (Å²) in [7, 11) is 0. The highest BCUT2D eigenvalue weighted by molar-refractivity contribution is 5.83. The summed E-state index contributed by atoms with van der Waals surface area (Å²) in [5.74, 6) is 0.585. The Morgan fingerprint density at radius 1 is 1.06 bits per heavy atom. The van der Waals surface area contributed by atoms with Crippen LogP contribution in [0.5, 0.6) is 0 Å². The van der Waals surface area contributed by atoms with Gasteiger partial charge in [0, 0.05) is 16.8 Å². The fourth-order valence-electron chi connectivity index (χ4n) is 3.85. The monoisotopic (exact) mass is 432 g/mol. The maximum atomic E-state index is 14.5. The number of nitrogens with one attached hydrogen (secondary N) is 1. The van der Waals surface area contributed by atoms with Crippen molar-refractivity contribution in [2.24, 2.45) is 5.73 Å². The quantitative estimate of drug-likeness (QED) is 0.376. The summed E-state index contributed by atoms with van der Waals surface area (Å²) in [5.41, 5.74) is 11.6. The minimum atomic E-state index is -0.278. The predicted molar refractivity (Wildman–Crippen MR) is 131 cm³/mol. The van der Waals surface area contributed by atoms with E-state index in [2.05, 4.69) is 46.2 Å². The van der Waals surface area contributed by atoms with Crippen molar-refractivity contribution in [2.75, 3.05) is 6.54 Å². The topological polar surface area (TPSA) is 55.9 Å². The van der Waals surface area contributed by atoms with Crippen LogP contribution < -0.4 is 11.1 Å². The molecule has 5 heteroatoms. The van der Waals surface area contributed by atoms with Crippen molar-refractivity contribution in [3.63, 3.8) is 0 Å². The smallest absolute Gasteiger partial charge is 0.131 e. The molecular formula is C27H33FN4. The minimum absolute atomic E-state index is 0.278. The van der Waals surface area contributed by atoms with Crippen LogP contribution in [0.25, 0.3) is 11.3 Å². The molecule has 0 radical (unpaired) electrons. The molecule has 1 heterocycles. The van der Waals surface area contributed by atoms with Crippen LogP contribution in [0.1, 0.15) is 53.9 Å². The van der Waals surface area contributed by atoms with Crippen LogP contribution in [0, 0.1) is 19.7 Å². The van der Waals surface area contributed by atoms with Gasteiger partial charge in [-0.3, -0.25) is 4.57 Å². The highest BCUT2D eigenvalue weighted by Crippen LogP contribution is 2.31. The second kappa shape index (κ2) is 10.9. The second-order valence-corrected chi connectivity index (χ2v) is 8.17. The molecule has 0 bridgehead atoms. The number of hydrogen-bond acceptors (Lipinski definition) is 3. The Kier molecular flexibility index (Phi) is 8.01. The fraction of sp³-hybridized carbons (Fsp3) is 0.296. The van der Waals surface area contributed by atoms with Gasteiger partial charge in [-0.1, -0.05) is 49.4 Å². The van der Waals surface area contributed by atoms with E-state index in [1.54, 1.807) is 12.1 Å². The molecule has 0 fully saturated rings. The van der Waals surface area contributed by atoms with Gasteiger partial charge in [-0.15, -0.1) is 0 Å². The van der Waals surface area contributed by atoms with Crippen molar-refractivity contribution < 1.29 is 4.39 Å². The Bertz CT molecular complexity index is 1100. The molecule has 0 saturated heterocycles. The Balaban J connectivity index is 1.88. The largest absolute Gasteiger partial charge is 0.383 e. The number of nitrogens with zero attached hydrogens (tertiary/aromatic N) is 2. The van der Waals surface area contributed by atoms with Crippen molar-refractivity contribution in [1.29, 1.82) is 0 Å².